The molecule has 2 aromatic rings. The quantitative estimate of drug-likeness (QED) is 0.274. The van der Waals surface area contributed by atoms with Gasteiger partial charge < -0.3 is 14.8 Å². The minimum absolute atomic E-state index is 0.0293. The van der Waals surface area contributed by atoms with Gasteiger partial charge in [0, 0.05) is 11.6 Å². The van der Waals surface area contributed by atoms with Crippen molar-refractivity contribution in [3.05, 3.63) is 62.4 Å². The van der Waals surface area contributed by atoms with Crippen LogP contribution in [0, 0.1) is 14.9 Å². The summed E-state index contributed by atoms with van der Waals surface area (Å²) in [6, 6.07) is 12.8. The van der Waals surface area contributed by atoms with Gasteiger partial charge in [-0.1, -0.05) is 37.5 Å². The third kappa shape index (κ3) is 5.20. The zero-order valence-electron chi connectivity index (χ0n) is 19.0. The number of urea groups is 1. The molecule has 0 atom stereocenters. The van der Waals surface area contributed by atoms with Gasteiger partial charge in [0.15, 0.2) is 11.5 Å². The SMILES string of the molecule is CCOc1cc(/C=C2\NC(=O)N(C3CCCCC3)C2=O)cc(I)c1OCc1ccccc1C#N. The number of nitrogens with one attached hydrogen (secondary N) is 1. The highest BCUT2D eigenvalue weighted by Crippen LogP contribution is 2.36. The van der Waals surface area contributed by atoms with E-state index >= 15 is 0 Å². The Labute approximate surface area is 212 Å². The first-order valence-electron chi connectivity index (χ1n) is 11.4. The van der Waals surface area contributed by atoms with Crippen LogP contribution >= 0.6 is 22.6 Å². The van der Waals surface area contributed by atoms with Gasteiger partial charge in [0.1, 0.15) is 12.3 Å². The Morgan fingerprint density at radius 1 is 1.18 bits per heavy atom. The van der Waals surface area contributed by atoms with Crippen molar-refractivity contribution in [3.63, 3.8) is 0 Å². The summed E-state index contributed by atoms with van der Waals surface area (Å²) in [5.74, 6) is 0.831. The largest absolute Gasteiger partial charge is 0.490 e. The number of carbonyl (C=O) groups is 2. The summed E-state index contributed by atoms with van der Waals surface area (Å²) >= 11 is 2.17. The van der Waals surface area contributed by atoms with E-state index in [9.17, 15) is 14.9 Å². The summed E-state index contributed by atoms with van der Waals surface area (Å²) in [6.07, 6.45) is 6.63. The minimum Gasteiger partial charge on any atom is -0.490 e. The average Bonchev–Trinajstić information content (AvgIpc) is 3.12. The van der Waals surface area contributed by atoms with Crippen LogP contribution in [0.15, 0.2) is 42.1 Å². The molecule has 176 valence electrons. The maximum absolute atomic E-state index is 13.0. The van der Waals surface area contributed by atoms with Gasteiger partial charge in [0.05, 0.1) is 21.8 Å². The Hall–Kier alpha value is -3.06. The van der Waals surface area contributed by atoms with Crippen LogP contribution < -0.4 is 14.8 Å². The van der Waals surface area contributed by atoms with Crippen molar-refractivity contribution in [2.45, 2.75) is 51.7 Å². The molecule has 2 aromatic carbocycles. The van der Waals surface area contributed by atoms with Gasteiger partial charge in [-0.3, -0.25) is 9.69 Å². The summed E-state index contributed by atoms with van der Waals surface area (Å²) < 4.78 is 12.7. The molecule has 2 aliphatic rings. The number of hydrogen-bond acceptors (Lipinski definition) is 5. The van der Waals surface area contributed by atoms with Gasteiger partial charge in [-0.15, -0.1) is 0 Å². The van der Waals surface area contributed by atoms with E-state index in [1.54, 1.807) is 18.2 Å². The fourth-order valence-corrected chi connectivity index (χ4v) is 5.15. The molecule has 1 aliphatic carbocycles. The molecule has 34 heavy (non-hydrogen) atoms. The number of amides is 3. The number of halogens is 1. The summed E-state index contributed by atoms with van der Waals surface area (Å²) in [5, 5.41) is 12.1. The molecule has 1 N–H and O–H groups in total. The van der Waals surface area contributed by atoms with Crippen LogP contribution in [-0.2, 0) is 11.4 Å². The normalized spacial score (nSPS) is 17.6. The molecule has 4 rings (SSSR count). The predicted octanol–water partition coefficient (Wildman–Crippen LogP) is 5.37. The molecule has 8 heteroatoms. The lowest BCUT2D eigenvalue weighted by Gasteiger charge is -2.28. The Morgan fingerprint density at radius 2 is 1.94 bits per heavy atom. The minimum atomic E-state index is -0.348. The molecule has 0 radical (unpaired) electrons. The zero-order chi connectivity index (χ0) is 24.1. The lowest BCUT2D eigenvalue weighted by atomic mass is 9.94. The van der Waals surface area contributed by atoms with Crippen LogP contribution in [0.4, 0.5) is 4.79 Å². The molecule has 0 spiro atoms. The van der Waals surface area contributed by atoms with Crippen molar-refractivity contribution in [1.82, 2.24) is 10.2 Å². The van der Waals surface area contributed by atoms with Crippen LogP contribution in [0.3, 0.4) is 0 Å². The molecule has 7 nitrogen and oxygen atoms in total. The second kappa shape index (κ2) is 10.9. The number of rotatable bonds is 7. The van der Waals surface area contributed by atoms with Crippen molar-refractivity contribution < 1.29 is 19.1 Å². The number of nitriles is 1. The van der Waals surface area contributed by atoms with Gasteiger partial charge in [0.25, 0.3) is 5.91 Å². The molecule has 1 saturated heterocycles. The number of hydrogen-bond donors (Lipinski definition) is 1. The standard InChI is InChI=1S/C26H26IN3O4/c1-2-33-23-14-17(12-21(27)24(23)34-16-19-9-7-6-8-18(19)15-28)13-22-25(31)30(26(32)29-22)20-10-4-3-5-11-20/h6-9,12-14,20H,2-5,10-11,16H2,1H3,(H,29,32)/b22-13-. The summed E-state index contributed by atoms with van der Waals surface area (Å²) in [7, 11) is 0. The van der Waals surface area contributed by atoms with Crippen molar-refractivity contribution in [2.24, 2.45) is 0 Å². The number of benzene rings is 2. The van der Waals surface area contributed by atoms with Gasteiger partial charge in [-0.25, -0.2) is 4.79 Å². The summed E-state index contributed by atoms with van der Waals surface area (Å²) in [5.41, 5.74) is 2.35. The van der Waals surface area contributed by atoms with Gasteiger partial charge in [0.2, 0.25) is 0 Å². The highest BCUT2D eigenvalue weighted by Gasteiger charge is 2.39. The van der Waals surface area contributed by atoms with E-state index in [0.29, 0.717) is 23.7 Å². The van der Waals surface area contributed by atoms with Crippen LogP contribution in [0.1, 0.15) is 55.7 Å². The molecule has 3 amide bonds. The van der Waals surface area contributed by atoms with E-state index < -0.39 is 0 Å². The average molecular weight is 571 g/mol. The molecule has 1 heterocycles. The number of carbonyl (C=O) groups excluding carboxylic acids is 2. The van der Waals surface area contributed by atoms with E-state index in [1.807, 2.05) is 31.2 Å². The first kappa shape index (κ1) is 24.1. The number of ether oxygens (including phenoxy) is 2. The highest BCUT2D eigenvalue weighted by atomic mass is 127. The molecule has 0 bridgehead atoms. The second-order valence-electron chi connectivity index (χ2n) is 8.28. The lowest BCUT2D eigenvalue weighted by molar-refractivity contribution is -0.124. The lowest BCUT2D eigenvalue weighted by Crippen LogP contribution is -2.41. The maximum Gasteiger partial charge on any atom is 0.329 e. The highest BCUT2D eigenvalue weighted by molar-refractivity contribution is 14.1. The third-order valence-electron chi connectivity index (χ3n) is 6.00. The molecule has 1 aliphatic heterocycles. The molecular formula is C26H26IN3O4. The van der Waals surface area contributed by atoms with E-state index in [4.69, 9.17) is 9.47 Å². The molecule has 0 unspecified atom stereocenters. The Bertz CT molecular complexity index is 1170. The topological polar surface area (TPSA) is 91.7 Å². The van der Waals surface area contributed by atoms with Gasteiger partial charge in [-0.05, 0) is 72.2 Å². The van der Waals surface area contributed by atoms with Crippen LogP contribution in [-0.4, -0.2) is 29.5 Å². The molecule has 0 aromatic heterocycles. The van der Waals surface area contributed by atoms with Crippen molar-refractivity contribution >= 4 is 40.6 Å². The van der Waals surface area contributed by atoms with Crippen LogP contribution in [0.2, 0.25) is 0 Å². The van der Waals surface area contributed by atoms with E-state index in [0.717, 1.165) is 46.8 Å². The van der Waals surface area contributed by atoms with Gasteiger partial charge in [-0.2, -0.15) is 5.26 Å². The number of nitrogens with zero attached hydrogens (tertiary/aromatic N) is 2. The summed E-state index contributed by atoms with van der Waals surface area (Å²) in [6.45, 7) is 2.55. The zero-order valence-corrected chi connectivity index (χ0v) is 21.1. The van der Waals surface area contributed by atoms with E-state index in [-0.39, 0.29) is 30.3 Å². The molecular weight excluding hydrogens is 545 g/mol. The molecule has 1 saturated carbocycles. The van der Waals surface area contributed by atoms with Crippen LogP contribution in [0.5, 0.6) is 11.5 Å². The third-order valence-corrected chi connectivity index (χ3v) is 6.80. The predicted molar refractivity (Wildman–Crippen MR) is 136 cm³/mol. The smallest absolute Gasteiger partial charge is 0.329 e. The summed E-state index contributed by atoms with van der Waals surface area (Å²) in [4.78, 5) is 26.9. The second-order valence-corrected chi connectivity index (χ2v) is 9.44. The number of imide groups is 1. The fraction of sp³-hybridized carbons (Fsp3) is 0.346. The van der Waals surface area contributed by atoms with Crippen molar-refractivity contribution in [2.75, 3.05) is 6.61 Å². The first-order chi connectivity index (χ1) is 16.5. The van der Waals surface area contributed by atoms with Crippen LogP contribution in [0.25, 0.3) is 6.08 Å². The Kier molecular flexibility index (Phi) is 7.73. The maximum atomic E-state index is 13.0. The van der Waals surface area contributed by atoms with E-state index in [1.165, 1.54) is 4.90 Å². The molecule has 2 fully saturated rings. The fourth-order valence-electron chi connectivity index (χ4n) is 4.37. The Morgan fingerprint density at radius 3 is 2.68 bits per heavy atom. The van der Waals surface area contributed by atoms with Crippen molar-refractivity contribution in [1.29, 1.82) is 5.26 Å². The van der Waals surface area contributed by atoms with E-state index in [2.05, 4.69) is 34.0 Å². The van der Waals surface area contributed by atoms with Crippen molar-refractivity contribution in [3.8, 4) is 17.6 Å². The monoisotopic (exact) mass is 571 g/mol. The van der Waals surface area contributed by atoms with Gasteiger partial charge >= 0.3 is 6.03 Å². The Balaban J connectivity index is 1.57. The first-order valence-corrected chi connectivity index (χ1v) is 12.5.